The van der Waals surface area contributed by atoms with E-state index in [-0.39, 0.29) is 0 Å². The topological polar surface area (TPSA) is 64.9 Å². The maximum Gasteiger partial charge on any atom is 0.227 e. The van der Waals surface area contributed by atoms with E-state index in [4.69, 9.17) is 10.3 Å². The highest BCUT2D eigenvalue weighted by atomic mass is 16.5. The molecule has 18 heavy (non-hydrogen) atoms. The standard InChI is InChI=1S/C14H19N3O/c1-3-11(9-15)8-13-16-14(17-18-13)12-7-5-4-6-10(12)2/h4-7,11H,3,8-9,15H2,1-2H3. The number of benzene rings is 1. The second-order valence-corrected chi connectivity index (χ2v) is 4.54. The molecule has 1 aromatic heterocycles. The Bertz CT molecular complexity index is 503. The molecular weight excluding hydrogens is 226 g/mol. The van der Waals surface area contributed by atoms with Gasteiger partial charge in [-0.1, -0.05) is 42.8 Å². The van der Waals surface area contributed by atoms with Gasteiger partial charge in [-0.05, 0) is 24.9 Å². The van der Waals surface area contributed by atoms with Crippen LogP contribution in [0.4, 0.5) is 0 Å². The third-order valence-electron chi connectivity index (χ3n) is 3.23. The molecule has 0 bridgehead atoms. The summed E-state index contributed by atoms with van der Waals surface area (Å²) in [5.74, 6) is 1.75. The number of aryl methyl sites for hydroxylation is 1. The summed E-state index contributed by atoms with van der Waals surface area (Å²) >= 11 is 0. The molecule has 0 aliphatic rings. The van der Waals surface area contributed by atoms with E-state index in [1.807, 2.05) is 31.2 Å². The summed E-state index contributed by atoms with van der Waals surface area (Å²) in [5.41, 5.74) is 7.85. The summed E-state index contributed by atoms with van der Waals surface area (Å²) in [6.45, 7) is 4.81. The molecule has 96 valence electrons. The van der Waals surface area contributed by atoms with Gasteiger partial charge in [0, 0.05) is 12.0 Å². The van der Waals surface area contributed by atoms with Crippen LogP contribution in [-0.2, 0) is 6.42 Å². The Hall–Kier alpha value is -1.68. The Kier molecular flexibility index (Phi) is 4.10. The second-order valence-electron chi connectivity index (χ2n) is 4.54. The zero-order valence-corrected chi connectivity index (χ0v) is 10.9. The van der Waals surface area contributed by atoms with Crippen LogP contribution < -0.4 is 5.73 Å². The van der Waals surface area contributed by atoms with Crippen molar-refractivity contribution < 1.29 is 4.52 Å². The molecule has 0 fully saturated rings. The van der Waals surface area contributed by atoms with Crippen molar-refractivity contribution in [1.82, 2.24) is 10.1 Å². The van der Waals surface area contributed by atoms with Gasteiger partial charge >= 0.3 is 0 Å². The van der Waals surface area contributed by atoms with Crippen molar-refractivity contribution >= 4 is 0 Å². The first kappa shape index (κ1) is 12.8. The van der Waals surface area contributed by atoms with Gasteiger partial charge in [-0.3, -0.25) is 0 Å². The maximum absolute atomic E-state index is 5.68. The zero-order valence-electron chi connectivity index (χ0n) is 10.9. The molecule has 0 radical (unpaired) electrons. The number of hydrogen-bond donors (Lipinski definition) is 1. The van der Waals surface area contributed by atoms with Gasteiger partial charge in [-0.25, -0.2) is 0 Å². The molecule has 0 aliphatic carbocycles. The van der Waals surface area contributed by atoms with Crippen molar-refractivity contribution in [3.8, 4) is 11.4 Å². The van der Waals surface area contributed by atoms with Crippen LogP contribution in [-0.4, -0.2) is 16.7 Å². The molecule has 2 aromatic rings. The quantitative estimate of drug-likeness (QED) is 0.879. The number of nitrogens with zero attached hydrogens (tertiary/aromatic N) is 2. The van der Waals surface area contributed by atoms with Gasteiger partial charge in [-0.2, -0.15) is 4.98 Å². The lowest BCUT2D eigenvalue weighted by atomic mass is 10.0. The maximum atomic E-state index is 5.68. The fourth-order valence-electron chi connectivity index (χ4n) is 1.91. The van der Waals surface area contributed by atoms with Crippen LogP contribution in [0.1, 0.15) is 24.8 Å². The van der Waals surface area contributed by atoms with Crippen molar-refractivity contribution in [3.05, 3.63) is 35.7 Å². The summed E-state index contributed by atoms with van der Waals surface area (Å²) in [7, 11) is 0. The summed E-state index contributed by atoms with van der Waals surface area (Å²) in [5, 5.41) is 4.04. The van der Waals surface area contributed by atoms with Crippen molar-refractivity contribution in [1.29, 1.82) is 0 Å². The summed E-state index contributed by atoms with van der Waals surface area (Å²) in [6.07, 6.45) is 1.78. The second kappa shape index (κ2) is 5.78. The molecule has 2 rings (SSSR count). The van der Waals surface area contributed by atoms with Crippen LogP contribution in [0.3, 0.4) is 0 Å². The minimum absolute atomic E-state index is 0.412. The van der Waals surface area contributed by atoms with Gasteiger partial charge in [0.1, 0.15) is 0 Å². The molecular formula is C14H19N3O. The van der Waals surface area contributed by atoms with E-state index in [1.165, 1.54) is 0 Å². The van der Waals surface area contributed by atoms with Crippen molar-refractivity contribution in [2.24, 2.45) is 11.7 Å². The Morgan fingerprint density at radius 3 is 2.78 bits per heavy atom. The number of rotatable bonds is 5. The molecule has 1 heterocycles. The molecule has 1 unspecified atom stereocenters. The van der Waals surface area contributed by atoms with E-state index in [0.29, 0.717) is 24.2 Å². The van der Waals surface area contributed by atoms with Crippen LogP contribution in [0.5, 0.6) is 0 Å². The van der Waals surface area contributed by atoms with Crippen molar-refractivity contribution in [2.75, 3.05) is 6.54 Å². The molecule has 4 nitrogen and oxygen atoms in total. The molecule has 1 aromatic carbocycles. The fourth-order valence-corrected chi connectivity index (χ4v) is 1.91. The van der Waals surface area contributed by atoms with Crippen molar-refractivity contribution in [2.45, 2.75) is 26.7 Å². The van der Waals surface area contributed by atoms with Gasteiger partial charge in [0.15, 0.2) is 0 Å². The lowest BCUT2D eigenvalue weighted by molar-refractivity contribution is 0.350. The van der Waals surface area contributed by atoms with E-state index in [9.17, 15) is 0 Å². The third-order valence-corrected chi connectivity index (χ3v) is 3.23. The Morgan fingerprint density at radius 1 is 1.33 bits per heavy atom. The van der Waals surface area contributed by atoms with E-state index in [1.54, 1.807) is 0 Å². The predicted molar refractivity (Wildman–Crippen MR) is 71.0 cm³/mol. The number of hydrogen-bond acceptors (Lipinski definition) is 4. The molecule has 2 N–H and O–H groups in total. The highest BCUT2D eigenvalue weighted by molar-refractivity contribution is 5.58. The molecule has 0 saturated carbocycles. The molecule has 1 atom stereocenters. The van der Waals surface area contributed by atoms with Gasteiger partial charge in [0.25, 0.3) is 0 Å². The highest BCUT2D eigenvalue weighted by Crippen LogP contribution is 2.20. The summed E-state index contributed by atoms with van der Waals surface area (Å²) < 4.78 is 5.29. The van der Waals surface area contributed by atoms with Gasteiger partial charge in [0.05, 0.1) is 0 Å². The lowest BCUT2D eigenvalue weighted by Gasteiger charge is -2.07. The average molecular weight is 245 g/mol. The Balaban J connectivity index is 2.18. The van der Waals surface area contributed by atoms with Gasteiger partial charge in [0.2, 0.25) is 11.7 Å². The highest BCUT2D eigenvalue weighted by Gasteiger charge is 2.13. The van der Waals surface area contributed by atoms with E-state index in [0.717, 1.165) is 24.0 Å². The predicted octanol–water partition coefficient (Wildman–Crippen LogP) is 2.57. The van der Waals surface area contributed by atoms with Crippen LogP contribution in [0.15, 0.2) is 28.8 Å². The number of aromatic nitrogens is 2. The first-order valence-electron chi connectivity index (χ1n) is 6.33. The zero-order chi connectivity index (χ0) is 13.0. The Labute approximate surface area is 107 Å². The fraction of sp³-hybridized carbons (Fsp3) is 0.429. The number of nitrogens with two attached hydrogens (primary N) is 1. The average Bonchev–Trinajstić information content (AvgIpc) is 2.85. The Morgan fingerprint density at radius 2 is 2.11 bits per heavy atom. The van der Waals surface area contributed by atoms with Gasteiger partial charge < -0.3 is 10.3 Å². The first-order chi connectivity index (χ1) is 8.74. The summed E-state index contributed by atoms with van der Waals surface area (Å²) in [6, 6.07) is 8.03. The normalized spacial score (nSPS) is 12.6. The smallest absolute Gasteiger partial charge is 0.227 e. The summed E-state index contributed by atoms with van der Waals surface area (Å²) in [4.78, 5) is 4.44. The van der Waals surface area contributed by atoms with Crippen LogP contribution in [0.25, 0.3) is 11.4 Å². The molecule has 0 aliphatic heterocycles. The largest absolute Gasteiger partial charge is 0.339 e. The lowest BCUT2D eigenvalue weighted by Crippen LogP contribution is -2.15. The molecule has 0 spiro atoms. The third kappa shape index (κ3) is 2.76. The molecule has 4 heteroatoms. The minimum atomic E-state index is 0.412. The van der Waals surface area contributed by atoms with E-state index >= 15 is 0 Å². The monoisotopic (exact) mass is 245 g/mol. The SMILES string of the molecule is CCC(CN)Cc1nc(-c2ccccc2C)no1. The molecule has 0 saturated heterocycles. The minimum Gasteiger partial charge on any atom is -0.339 e. The first-order valence-corrected chi connectivity index (χ1v) is 6.33. The van der Waals surface area contributed by atoms with Crippen molar-refractivity contribution in [3.63, 3.8) is 0 Å². The van der Waals surface area contributed by atoms with E-state index < -0.39 is 0 Å². The molecule has 0 amide bonds. The van der Waals surface area contributed by atoms with Crippen LogP contribution in [0.2, 0.25) is 0 Å². The van der Waals surface area contributed by atoms with Gasteiger partial charge in [-0.15, -0.1) is 0 Å². The van der Waals surface area contributed by atoms with E-state index in [2.05, 4.69) is 17.1 Å². The van der Waals surface area contributed by atoms with Crippen LogP contribution >= 0.6 is 0 Å². The van der Waals surface area contributed by atoms with Crippen LogP contribution in [0, 0.1) is 12.8 Å².